The van der Waals surface area contributed by atoms with Gasteiger partial charge >= 0.3 is 5.97 Å². The average Bonchev–Trinajstić information content (AvgIpc) is 2.86. The fourth-order valence-corrected chi connectivity index (χ4v) is 1.92. The summed E-state index contributed by atoms with van der Waals surface area (Å²) in [6.45, 7) is 3.34. The van der Waals surface area contributed by atoms with Crippen molar-refractivity contribution in [3.63, 3.8) is 0 Å². The summed E-state index contributed by atoms with van der Waals surface area (Å²) >= 11 is 0. The highest BCUT2D eigenvalue weighted by Crippen LogP contribution is 2.16. The lowest BCUT2D eigenvalue weighted by molar-refractivity contribution is -0.135. The quantitative estimate of drug-likeness (QED) is 0.862. The summed E-state index contributed by atoms with van der Waals surface area (Å²) in [6, 6.07) is 9.54. The third-order valence-corrected chi connectivity index (χ3v) is 2.83. The maximum Gasteiger partial charge on any atom is 0.323 e. The highest BCUT2D eigenvalue weighted by atomic mass is 16.4. The van der Waals surface area contributed by atoms with Crippen molar-refractivity contribution in [2.45, 2.75) is 20.0 Å². The number of rotatable bonds is 6. The molecular weight excluding hydrogens is 242 g/mol. The molecule has 0 amide bonds. The monoisotopic (exact) mass is 259 g/mol. The number of nitrogens with zero attached hydrogens (tertiary/aromatic N) is 3. The molecule has 5 nitrogen and oxygen atoms in total. The van der Waals surface area contributed by atoms with E-state index < -0.39 is 5.97 Å². The minimum absolute atomic E-state index is 0.0265. The molecule has 1 heterocycles. The fraction of sp³-hybridized carbons (Fsp3) is 0.286. The Kier molecular flexibility index (Phi) is 4.18. The first kappa shape index (κ1) is 13.1. The second-order valence-corrected chi connectivity index (χ2v) is 4.29. The normalized spacial score (nSPS) is 10.4. The van der Waals surface area contributed by atoms with Gasteiger partial charge in [-0.1, -0.05) is 18.2 Å². The minimum Gasteiger partial charge on any atom is -0.480 e. The highest BCUT2D eigenvalue weighted by molar-refractivity contribution is 5.73. The van der Waals surface area contributed by atoms with E-state index in [2.05, 4.69) is 5.10 Å². The van der Waals surface area contributed by atoms with Crippen molar-refractivity contribution in [1.29, 1.82) is 0 Å². The van der Waals surface area contributed by atoms with E-state index in [1.807, 2.05) is 53.0 Å². The molecule has 0 unspecified atom stereocenters. The number of carbonyl (C=O) groups is 1. The SMILES string of the molecule is CCn1cc(CN(CC(=O)O)c2ccccc2)cn1. The molecule has 0 spiro atoms. The maximum absolute atomic E-state index is 11.0. The summed E-state index contributed by atoms with van der Waals surface area (Å²) in [4.78, 5) is 12.8. The van der Waals surface area contributed by atoms with Crippen LogP contribution in [-0.2, 0) is 17.9 Å². The average molecular weight is 259 g/mol. The van der Waals surface area contributed by atoms with Crippen LogP contribution in [0.25, 0.3) is 0 Å². The predicted molar refractivity (Wildman–Crippen MR) is 73.0 cm³/mol. The van der Waals surface area contributed by atoms with Crippen LogP contribution < -0.4 is 4.90 Å². The Morgan fingerprint density at radius 1 is 1.37 bits per heavy atom. The first-order valence-corrected chi connectivity index (χ1v) is 6.22. The molecule has 1 aromatic heterocycles. The molecule has 0 atom stereocenters. The van der Waals surface area contributed by atoms with Crippen LogP contribution in [0.2, 0.25) is 0 Å². The number of hydrogen-bond acceptors (Lipinski definition) is 3. The van der Waals surface area contributed by atoms with Crippen LogP contribution >= 0.6 is 0 Å². The molecule has 1 N–H and O–H groups in total. The number of aliphatic carboxylic acids is 1. The standard InChI is InChI=1S/C14H17N3O2/c1-2-17-10-12(8-15-17)9-16(11-14(18)19)13-6-4-3-5-7-13/h3-8,10H,2,9,11H2,1H3,(H,18,19). The van der Waals surface area contributed by atoms with Crippen LogP contribution in [0.15, 0.2) is 42.7 Å². The summed E-state index contributed by atoms with van der Waals surface area (Å²) in [7, 11) is 0. The second kappa shape index (κ2) is 6.04. The molecular formula is C14H17N3O2. The first-order chi connectivity index (χ1) is 9.19. The Labute approximate surface area is 112 Å². The molecule has 2 aromatic rings. The molecule has 0 bridgehead atoms. The molecule has 0 saturated carbocycles. The largest absolute Gasteiger partial charge is 0.480 e. The molecule has 19 heavy (non-hydrogen) atoms. The van der Waals surface area contributed by atoms with Crippen molar-refractivity contribution >= 4 is 11.7 Å². The molecule has 0 aliphatic rings. The van der Waals surface area contributed by atoms with Gasteiger partial charge in [-0.25, -0.2) is 0 Å². The topological polar surface area (TPSA) is 58.4 Å². The van der Waals surface area contributed by atoms with Crippen LogP contribution in [0.1, 0.15) is 12.5 Å². The molecule has 1 aromatic carbocycles. The van der Waals surface area contributed by atoms with E-state index in [1.54, 1.807) is 6.20 Å². The Morgan fingerprint density at radius 3 is 2.68 bits per heavy atom. The molecule has 100 valence electrons. The van der Waals surface area contributed by atoms with E-state index in [4.69, 9.17) is 5.11 Å². The summed E-state index contributed by atoms with van der Waals surface area (Å²) < 4.78 is 1.83. The molecule has 0 aliphatic carbocycles. The molecule has 2 rings (SSSR count). The Morgan fingerprint density at radius 2 is 2.11 bits per heavy atom. The Bertz CT molecular complexity index is 537. The van der Waals surface area contributed by atoms with Gasteiger partial charge in [0, 0.05) is 30.5 Å². The van der Waals surface area contributed by atoms with E-state index >= 15 is 0 Å². The lowest BCUT2D eigenvalue weighted by Crippen LogP contribution is -2.28. The van der Waals surface area contributed by atoms with Crippen LogP contribution in [0.3, 0.4) is 0 Å². The van der Waals surface area contributed by atoms with Gasteiger partial charge in [0.15, 0.2) is 0 Å². The van der Waals surface area contributed by atoms with Crippen molar-refractivity contribution in [3.05, 3.63) is 48.3 Å². The smallest absolute Gasteiger partial charge is 0.323 e. The zero-order chi connectivity index (χ0) is 13.7. The van der Waals surface area contributed by atoms with Gasteiger partial charge in [0.05, 0.1) is 6.20 Å². The number of aryl methyl sites for hydroxylation is 1. The molecule has 5 heteroatoms. The summed E-state index contributed by atoms with van der Waals surface area (Å²) in [5, 5.41) is 13.2. The van der Waals surface area contributed by atoms with Gasteiger partial charge in [-0.2, -0.15) is 5.10 Å². The van der Waals surface area contributed by atoms with Crippen LogP contribution in [0, 0.1) is 0 Å². The van der Waals surface area contributed by atoms with E-state index in [-0.39, 0.29) is 6.54 Å². The Hall–Kier alpha value is -2.30. The number of benzene rings is 1. The molecule has 0 aliphatic heterocycles. The third kappa shape index (κ3) is 3.58. The predicted octanol–water partition coefficient (Wildman–Crippen LogP) is 1.99. The van der Waals surface area contributed by atoms with E-state index in [1.165, 1.54) is 0 Å². The fourth-order valence-electron chi connectivity index (χ4n) is 1.92. The van der Waals surface area contributed by atoms with Gasteiger partial charge in [-0.3, -0.25) is 9.48 Å². The number of aromatic nitrogens is 2. The first-order valence-electron chi connectivity index (χ1n) is 6.22. The minimum atomic E-state index is -0.841. The molecule has 0 radical (unpaired) electrons. The van der Waals surface area contributed by atoms with E-state index in [0.717, 1.165) is 17.8 Å². The van der Waals surface area contributed by atoms with Crippen LogP contribution in [-0.4, -0.2) is 27.4 Å². The number of para-hydroxylation sites is 1. The van der Waals surface area contributed by atoms with Crippen molar-refractivity contribution in [2.75, 3.05) is 11.4 Å². The lowest BCUT2D eigenvalue weighted by Gasteiger charge is -2.22. The zero-order valence-electron chi connectivity index (χ0n) is 10.9. The van der Waals surface area contributed by atoms with Gasteiger partial charge in [0.1, 0.15) is 6.54 Å². The number of anilines is 1. The highest BCUT2D eigenvalue weighted by Gasteiger charge is 2.12. The maximum atomic E-state index is 11.0. The van der Waals surface area contributed by atoms with Crippen LogP contribution in [0.5, 0.6) is 0 Å². The van der Waals surface area contributed by atoms with Crippen LogP contribution in [0.4, 0.5) is 5.69 Å². The lowest BCUT2D eigenvalue weighted by atomic mass is 10.2. The Balaban J connectivity index is 2.16. The van der Waals surface area contributed by atoms with Gasteiger partial charge in [0.2, 0.25) is 0 Å². The van der Waals surface area contributed by atoms with Crippen molar-refractivity contribution in [2.24, 2.45) is 0 Å². The molecule has 0 fully saturated rings. The molecule has 0 saturated heterocycles. The van der Waals surface area contributed by atoms with Gasteiger partial charge in [-0.15, -0.1) is 0 Å². The number of carboxylic acids is 1. The van der Waals surface area contributed by atoms with Crippen molar-refractivity contribution in [3.8, 4) is 0 Å². The summed E-state index contributed by atoms with van der Waals surface area (Å²) in [6.07, 6.45) is 3.72. The van der Waals surface area contributed by atoms with Gasteiger partial charge in [0.25, 0.3) is 0 Å². The summed E-state index contributed by atoms with van der Waals surface area (Å²) in [5.41, 5.74) is 1.90. The zero-order valence-corrected chi connectivity index (χ0v) is 10.9. The third-order valence-electron chi connectivity index (χ3n) is 2.83. The van der Waals surface area contributed by atoms with E-state index in [0.29, 0.717) is 6.54 Å². The summed E-state index contributed by atoms with van der Waals surface area (Å²) in [5.74, 6) is -0.841. The number of hydrogen-bond donors (Lipinski definition) is 1. The van der Waals surface area contributed by atoms with Gasteiger partial charge < -0.3 is 10.0 Å². The second-order valence-electron chi connectivity index (χ2n) is 4.29. The number of carboxylic acid groups (broad SMARTS) is 1. The van der Waals surface area contributed by atoms with Gasteiger partial charge in [-0.05, 0) is 19.1 Å². The van der Waals surface area contributed by atoms with E-state index in [9.17, 15) is 4.79 Å². The van der Waals surface area contributed by atoms with Crippen molar-refractivity contribution in [1.82, 2.24) is 9.78 Å². The van der Waals surface area contributed by atoms with Crippen molar-refractivity contribution < 1.29 is 9.90 Å².